The molecule has 0 saturated heterocycles. The number of hydrogen-bond donors (Lipinski definition) is 2. The molecule has 0 radical (unpaired) electrons. The van der Waals surface area contributed by atoms with Crippen LogP contribution in [0.1, 0.15) is 37.3 Å². The molecule has 0 atom stereocenters. The van der Waals surface area contributed by atoms with Crippen molar-refractivity contribution in [3.05, 3.63) is 87.4 Å². The molecule has 0 heterocycles. The van der Waals surface area contributed by atoms with Crippen LogP contribution >= 0.6 is 27.5 Å². The Balaban J connectivity index is 1.45. The molecule has 0 aliphatic heterocycles. The Kier molecular flexibility index (Phi) is 10.8. The highest BCUT2D eigenvalue weighted by atomic mass is 79.9. The molecule has 3 aromatic rings. The fourth-order valence-corrected chi connectivity index (χ4v) is 3.62. The molecule has 0 saturated carbocycles. The van der Waals surface area contributed by atoms with Gasteiger partial charge in [0.25, 0.3) is 0 Å². The van der Waals surface area contributed by atoms with Gasteiger partial charge in [0.2, 0.25) is 11.8 Å². The zero-order chi connectivity index (χ0) is 25.8. The van der Waals surface area contributed by atoms with Gasteiger partial charge in [0.1, 0.15) is 6.61 Å². The van der Waals surface area contributed by atoms with Crippen LogP contribution in [0.2, 0.25) is 5.02 Å². The lowest BCUT2D eigenvalue weighted by Crippen LogP contribution is -2.18. The fraction of sp³-hybridized carbons (Fsp3) is 0.222. The number of nitrogens with one attached hydrogen (secondary N) is 2. The SMILES string of the molecule is CCOc1cc(/C=N\NC(=O)CCCC(=O)Nc2ccc(Br)cc2)ccc1OCc1ccccc1Cl. The molecule has 3 aromatic carbocycles. The summed E-state index contributed by atoms with van der Waals surface area (Å²) >= 11 is 9.55. The van der Waals surface area contributed by atoms with Crippen molar-refractivity contribution in [1.82, 2.24) is 5.43 Å². The Morgan fingerprint density at radius 1 is 0.972 bits per heavy atom. The van der Waals surface area contributed by atoms with Gasteiger partial charge in [-0.2, -0.15) is 5.10 Å². The summed E-state index contributed by atoms with van der Waals surface area (Å²) in [5, 5.41) is 7.45. The third-order valence-electron chi connectivity index (χ3n) is 4.95. The van der Waals surface area contributed by atoms with E-state index in [0.29, 0.717) is 41.8 Å². The lowest BCUT2D eigenvalue weighted by Gasteiger charge is -2.13. The minimum atomic E-state index is -0.271. The van der Waals surface area contributed by atoms with Crippen molar-refractivity contribution in [3.63, 3.8) is 0 Å². The Morgan fingerprint density at radius 3 is 2.47 bits per heavy atom. The molecule has 188 valence electrons. The van der Waals surface area contributed by atoms with Crippen LogP contribution in [0.15, 0.2) is 76.3 Å². The summed E-state index contributed by atoms with van der Waals surface area (Å²) in [5.74, 6) is 0.734. The Labute approximate surface area is 224 Å². The van der Waals surface area contributed by atoms with Gasteiger partial charge in [-0.3, -0.25) is 9.59 Å². The van der Waals surface area contributed by atoms with E-state index in [-0.39, 0.29) is 24.7 Å². The van der Waals surface area contributed by atoms with Crippen LogP contribution in [0.5, 0.6) is 11.5 Å². The van der Waals surface area contributed by atoms with E-state index in [0.717, 1.165) is 15.6 Å². The number of rotatable bonds is 12. The number of benzene rings is 3. The van der Waals surface area contributed by atoms with Crippen molar-refractivity contribution in [3.8, 4) is 11.5 Å². The summed E-state index contributed by atoms with van der Waals surface area (Å²) in [7, 11) is 0. The smallest absolute Gasteiger partial charge is 0.240 e. The van der Waals surface area contributed by atoms with E-state index in [1.54, 1.807) is 24.3 Å². The van der Waals surface area contributed by atoms with Gasteiger partial charge in [-0.25, -0.2) is 5.43 Å². The number of carbonyl (C=O) groups is 2. The van der Waals surface area contributed by atoms with Crippen LogP contribution in [0.3, 0.4) is 0 Å². The number of anilines is 1. The van der Waals surface area contributed by atoms with Crippen LogP contribution < -0.4 is 20.2 Å². The van der Waals surface area contributed by atoms with Crippen LogP contribution in [-0.4, -0.2) is 24.6 Å². The van der Waals surface area contributed by atoms with E-state index in [9.17, 15) is 9.59 Å². The first-order valence-corrected chi connectivity index (χ1v) is 12.6. The first kappa shape index (κ1) is 27.2. The predicted molar refractivity (Wildman–Crippen MR) is 146 cm³/mol. The molecular weight excluding hydrogens is 546 g/mol. The molecule has 0 spiro atoms. The molecule has 0 aliphatic rings. The van der Waals surface area contributed by atoms with Crippen molar-refractivity contribution in [2.24, 2.45) is 5.10 Å². The molecule has 0 fully saturated rings. The number of carbonyl (C=O) groups excluding carboxylic acids is 2. The van der Waals surface area contributed by atoms with Crippen LogP contribution in [-0.2, 0) is 16.2 Å². The fourth-order valence-electron chi connectivity index (χ4n) is 3.16. The van der Waals surface area contributed by atoms with E-state index in [1.807, 2.05) is 49.4 Å². The van der Waals surface area contributed by atoms with Gasteiger partial charge >= 0.3 is 0 Å². The molecule has 36 heavy (non-hydrogen) atoms. The molecule has 3 rings (SSSR count). The Bertz CT molecular complexity index is 1200. The highest BCUT2D eigenvalue weighted by molar-refractivity contribution is 9.10. The second kappa shape index (κ2) is 14.3. The van der Waals surface area contributed by atoms with Gasteiger partial charge < -0.3 is 14.8 Å². The zero-order valence-corrected chi connectivity index (χ0v) is 22.1. The summed E-state index contributed by atoms with van der Waals surface area (Å²) in [6.07, 6.45) is 2.36. The van der Waals surface area contributed by atoms with E-state index >= 15 is 0 Å². The van der Waals surface area contributed by atoms with E-state index in [1.165, 1.54) is 6.21 Å². The lowest BCUT2D eigenvalue weighted by atomic mass is 10.2. The first-order chi connectivity index (χ1) is 17.4. The molecular formula is C27H27BrClN3O4. The molecule has 2 N–H and O–H groups in total. The third-order valence-corrected chi connectivity index (χ3v) is 5.84. The highest BCUT2D eigenvalue weighted by Gasteiger charge is 2.09. The maximum atomic E-state index is 12.1. The summed E-state index contributed by atoms with van der Waals surface area (Å²) in [5.41, 5.74) is 4.81. The van der Waals surface area contributed by atoms with Crippen molar-refractivity contribution in [1.29, 1.82) is 0 Å². The first-order valence-electron chi connectivity index (χ1n) is 11.4. The molecule has 2 amide bonds. The number of hydrazone groups is 1. The molecule has 0 aromatic heterocycles. The zero-order valence-electron chi connectivity index (χ0n) is 19.8. The van der Waals surface area contributed by atoms with Gasteiger partial charge in [0.15, 0.2) is 11.5 Å². The molecule has 0 bridgehead atoms. The van der Waals surface area contributed by atoms with Crippen molar-refractivity contribution in [2.45, 2.75) is 32.8 Å². The average Bonchev–Trinajstić information content (AvgIpc) is 2.86. The van der Waals surface area contributed by atoms with Crippen molar-refractivity contribution < 1.29 is 19.1 Å². The second-order valence-electron chi connectivity index (χ2n) is 7.72. The minimum absolute atomic E-state index is 0.145. The van der Waals surface area contributed by atoms with E-state index < -0.39 is 0 Å². The largest absolute Gasteiger partial charge is 0.490 e. The molecule has 9 heteroatoms. The maximum Gasteiger partial charge on any atom is 0.240 e. The normalized spacial score (nSPS) is 10.8. The van der Waals surface area contributed by atoms with E-state index in [4.69, 9.17) is 21.1 Å². The second-order valence-corrected chi connectivity index (χ2v) is 9.04. The highest BCUT2D eigenvalue weighted by Crippen LogP contribution is 2.29. The van der Waals surface area contributed by atoms with E-state index in [2.05, 4.69) is 31.8 Å². The summed E-state index contributed by atoms with van der Waals surface area (Å²) in [6, 6.07) is 20.2. The van der Waals surface area contributed by atoms with Crippen LogP contribution in [0.25, 0.3) is 0 Å². The lowest BCUT2D eigenvalue weighted by molar-refractivity contribution is -0.121. The monoisotopic (exact) mass is 571 g/mol. The van der Waals surface area contributed by atoms with Crippen molar-refractivity contribution in [2.75, 3.05) is 11.9 Å². The van der Waals surface area contributed by atoms with Gasteiger partial charge in [-0.05, 0) is 67.4 Å². The van der Waals surface area contributed by atoms with Gasteiger partial charge in [-0.1, -0.05) is 45.7 Å². The number of amides is 2. The van der Waals surface area contributed by atoms with Crippen molar-refractivity contribution >= 4 is 51.2 Å². The Hall–Kier alpha value is -3.36. The third kappa shape index (κ3) is 9.02. The number of hydrogen-bond acceptors (Lipinski definition) is 5. The van der Waals surface area contributed by atoms with Crippen LogP contribution in [0, 0.1) is 0 Å². The summed E-state index contributed by atoms with van der Waals surface area (Å²) in [4.78, 5) is 24.1. The molecule has 0 aliphatic carbocycles. The van der Waals surface area contributed by atoms with Gasteiger partial charge in [-0.15, -0.1) is 0 Å². The standard InChI is InChI=1S/C27H27BrClN3O4/c1-2-35-25-16-19(10-15-24(25)36-18-20-6-3-4-7-23(20)29)17-30-32-27(34)9-5-8-26(33)31-22-13-11-21(28)12-14-22/h3-4,6-7,10-17H,2,5,8-9,18H2,1H3,(H,31,33)(H,32,34)/b30-17-. The summed E-state index contributed by atoms with van der Waals surface area (Å²) < 4.78 is 12.5. The number of nitrogens with zero attached hydrogens (tertiary/aromatic N) is 1. The number of ether oxygens (including phenoxy) is 2. The molecule has 7 nitrogen and oxygen atoms in total. The Morgan fingerprint density at radius 2 is 1.72 bits per heavy atom. The van der Waals surface area contributed by atoms with Crippen LogP contribution in [0.4, 0.5) is 5.69 Å². The van der Waals surface area contributed by atoms with Gasteiger partial charge in [0, 0.05) is 33.6 Å². The number of halogens is 2. The van der Waals surface area contributed by atoms with Gasteiger partial charge in [0.05, 0.1) is 12.8 Å². The topological polar surface area (TPSA) is 89.0 Å². The molecule has 0 unspecified atom stereocenters. The maximum absolute atomic E-state index is 12.1. The minimum Gasteiger partial charge on any atom is -0.490 e. The quantitative estimate of drug-likeness (QED) is 0.196. The average molecular weight is 573 g/mol. The predicted octanol–water partition coefficient (Wildman–Crippen LogP) is 6.34. The summed E-state index contributed by atoms with van der Waals surface area (Å²) in [6.45, 7) is 2.66.